The molecule has 0 aliphatic heterocycles. The first-order chi connectivity index (χ1) is 5.65. The molecule has 1 aromatic carbocycles. The number of anilines is 1. The van der Waals surface area contributed by atoms with Crippen molar-refractivity contribution < 1.29 is 5.11 Å². The van der Waals surface area contributed by atoms with Gasteiger partial charge in [0.2, 0.25) is 5.69 Å². The molecule has 0 atom stereocenters. The van der Waals surface area contributed by atoms with Gasteiger partial charge in [0.15, 0.2) is 0 Å². The van der Waals surface area contributed by atoms with Crippen molar-refractivity contribution in [3.8, 4) is 5.75 Å². The van der Waals surface area contributed by atoms with Gasteiger partial charge >= 0.3 is 0 Å². The average Bonchev–Trinajstić information content (AvgIpc) is 2.04. The molecule has 0 aliphatic carbocycles. The van der Waals surface area contributed by atoms with Crippen LogP contribution in [0.5, 0.6) is 5.75 Å². The van der Waals surface area contributed by atoms with Gasteiger partial charge in [0.25, 0.3) is 5.75 Å². The molecule has 64 valence electrons. The molecular formula is C8H11N2O2+. The van der Waals surface area contributed by atoms with Crippen LogP contribution in [0.1, 0.15) is 0 Å². The van der Waals surface area contributed by atoms with Gasteiger partial charge < -0.3 is 10.0 Å². The molecule has 0 fully saturated rings. The lowest BCUT2D eigenvalue weighted by Crippen LogP contribution is -2.07. The van der Waals surface area contributed by atoms with Crippen molar-refractivity contribution in [2.75, 3.05) is 19.0 Å². The lowest BCUT2D eigenvalue weighted by Gasteiger charge is -2.10. The smallest absolute Gasteiger partial charge is 0.285 e. The summed E-state index contributed by atoms with van der Waals surface area (Å²) in [5, 5.41) is 10.1. The van der Waals surface area contributed by atoms with Gasteiger partial charge in [-0.2, -0.15) is 0 Å². The minimum absolute atomic E-state index is 0.163. The molecule has 4 heteroatoms. The third kappa shape index (κ3) is 1.53. The summed E-state index contributed by atoms with van der Waals surface area (Å²) in [6, 6.07) is 4.91. The van der Waals surface area contributed by atoms with Gasteiger partial charge in [0.05, 0.1) is 6.07 Å². The van der Waals surface area contributed by atoms with E-state index in [2.05, 4.69) is 5.18 Å². The summed E-state index contributed by atoms with van der Waals surface area (Å²) < 4.78 is 0. The zero-order valence-corrected chi connectivity index (χ0v) is 7.03. The number of nitroso groups, excluding NO2 is 1. The molecule has 4 nitrogen and oxygen atoms in total. The first-order valence-corrected chi connectivity index (χ1v) is 3.51. The highest BCUT2D eigenvalue weighted by atomic mass is 16.3. The molecule has 1 rings (SSSR count). The monoisotopic (exact) mass is 167 g/mol. The van der Waals surface area contributed by atoms with E-state index in [0.29, 0.717) is 0 Å². The first kappa shape index (κ1) is 8.52. The largest absolute Gasteiger partial charge is 0.592 e. The van der Waals surface area contributed by atoms with Gasteiger partial charge in [0, 0.05) is 19.8 Å². The standard InChI is InChI=1S/C8H10N2O2/c1-10(2)6-3-4-7(9-12)8(11)5-6/h3-5,11H,1-2H3/p+1. The predicted molar refractivity (Wildman–Crippen MR) is 49.3 cm³/mol. The normalized spacial score (nSPS) is 9.50. The highest BCUT2D eigenvalue weighted by Gasteiger charge is 2.07. The van der Waals surface area contributed by atoms with Crippen LogP contribution in [0.25, 0.3) is 0 Å². The Balaban J connectivity index is 3.10. The van der Waals surface area contributed by atoms with Crippen LogP contribution < -0.4 is 4.90 Å². The first-order valence-electron chi connectivity index (χ1n) is 3.51. The Morgan fingerprint density at radius 3 is 2.50 bits per heavy atom. The quantitative estimate of drug-likeness (QED) is 0.496. The van der Waals surface area contributed by atoms with Crippen LogP contribution in [0.15, 0.2) is 23.4 Å². The number of hydrogen-bond acceptors (Lipinski definition) is 3. The average molecular weight is 167 g/mol. The predicted octanol–water partition coefficient (Wildman–Crippen LogP) is 1.59. The van der Waals surface area contributed by atoms with Gasteiger partial charge in [0.1, 0.15) is 0 Å². The van der Waals surface area contributed by atoms with Crippen molar-refractivity contribution in [1.29, 1.82) is 0 Å². The molecule has 0 unspecified atom stereocenters. The minimum Gasteiger partial charge on any atom is -0.592 e. The highest BCUT2D eigenvalue weighted by Crippen LogP contribution is 2.29. The fraction of sp³-hybridized carbons (Fsp3) is 0.250. The number of hydrogen-bond donors (Lipinski definition) is 0. The zero-order valence-electron chi connectivity index (χ0n) is 7.03. The van der Waals surface area contributed by atoms with Crippen LogP contribution >= 0.6 is 0 Å². The van der Waals surface area contributed by atoms with E-state index in [1.54, 1.807) is 18.2 Å². The van der Waals surface area contributed by atoms with Crippen LogP contribution in [0.2, 0.25) is 0 Å². The Hall–Kier alpha value is -1.58. The van der Waals surface area contributed by atoms with Crippen molar-refractivity contribution in [2.45, 2.75) is 0 Å². The fourth-order valence-corrected chi connectivity index (χ4v) is 0.882. The number of benzene rings is 1. The molecule has 2 N–H and O–H groups in total. The Kier molecular flexibility index (Phi) is 2.28. The molecule has 0 aromatic heterocycles. The van der Waals surface area contributed by atoms with Crippen molar-refractivity contribution in [3.63, 3.8) is 0 Å². The van der Waals surface area contributed by atoms with E-state index in [1.165, 1.54) is 0 Å². The van der Waals surface area contributed by atoms with Crippen LogP contribution in [0.3, 0.4) is 0 Å². The van der Waals surface area contributed by atoms with E-state index in [0.717, 1.165) is 5.69 Å². The van der Waals surface area contributed by atoms with Gasteiger partial charge in [-0.3, -0.25) is 0 Å². The molecule has 0 bridgehead atoms. The summed E-state index contributed by atoms with van der Waals surface area (Å²) in [6.45, 7) is 0. The molecule has 1 aromatic rings. The van der Waals surface area contributed by atoms with Gasteiger partial charge in [-0.15, -0.1) is 4.91 Å². The van der Waals surface area contributed by atoms with Crippen LogP contribution in [0, 0.1) is 4.91 Å². The summed E-state index contributed by atoms with van der Waals surface area (Å²) in [5.74, 6) is 0.163. The molecule has 12 heavy (non-hydrogen) atoms. The van der Waals surface area contributed by atoms with Crippen LogP contribution in [0.4, 0.5) is 11.4 Å². The fourth-order valence-electron chi connectivity index (χ4n) is 0.882. The minimum atomic E-state index is 0.163. The second kappa shape index (κ2) is 3.21. The summed E-state index contributed by atoms with van der Waals surface area (Å²) in [4.78, 5) is 12.0. The second-order valence-electron chi connectivity index (χ2n) is 2.69. The van der Waals surface area contributed by atoms with E-state index >= 15 is 0 Å². The highest BCUT2D eigenvalue weighted by molar-refractivity contribution is 5.60. The lowest BCUT2D eigenvalue weighted by molar-refractivity contribution is 0.477. The maximum absolute atomic E-state index is 10.1. The molecule has 0 saturated heterocycles. The summed E-state index contributed by atoms with van der Waals surface area (Å²) in [6.07, 6.45) is 0. The maximum atomic E-state index is 10.1. The Morgan fingerprint density at radius 2 is 2.08 bits per heavy atom. The van der Waals surface area contributed by atoms with Crippen LogP contribution in [-0.2, 0) is 0 Å². The molecular weight excluding hydrogens is 156 g/mol. The number of nitrogens with zero attached hydrogens (tertiary/aromatic N) is 2. The Morgan fingerprint density at radius 1 is 1.42 bits per heavy atom. The summed E-state index contributed by atoms with van der Waals surface area (Å²) in [7, 11) is 3.76. The second-order valence-corrected chi connectivity index (χ2v) is 2.69. The molecule has 0 spiro atoms. The Bertz CT molecular complexity index is 297. The zero-order chi connectivity index (χ0) is 9.14. The Labute approximate surface area is 70.4 Å². The molecule has 0 saturated carbocycles. The summed E-state index contributed by atoms with van der Waals surface area (Å²) in [5.41, 5.74) is 1.08. The SMILES string of the molecule is CN(C)c1ccc(N=O)c([OH2+])c1. The summed E-state index contributed by atoms with van der Waals surface area (Å²) >= 11 is 0. The molecule has 0 amide bonds. The van der Waals surface area contributed by atoms with E-state index in [4.69, 9.17) is 5.11 Å². The maximum Gasteiger partial charge on any atom is 0.285 e. The van der Waals surface area contributed by atoms with Gasteiger partial charge in [-0.25, -0.2) is 0 Å². The molecule has 0 radical (unpaired) electrons. The number of rotatable bonds is 2. The lowest BCUT2D eigenvalue weighted by atomic mass is 10.2. The van der Waals surface area contributed by atoms with Crippen molar-refractivity contribution in [1.82, 2.24) is 0 Å². The van der Waals surface area contributed by atoms with E-state index in [-0.39, 0.29) is 11.4 Å². The van der Waals surface area contributed by atoms with Crippen LogP contribution in [-0.4, -0.2) is 19.2 Å². The third-order valence-electron chi connectivity index (χ3n) is 1.59. The topological polar surface area (TPSA) is 55.6 Å². The molecule has 0 aliphatic rings. The molecule has 0 heterocycles. The van der Waals surface area contributed by atoms with Gasteiger partial charge in [-0.05, 0) is 17.3 Å². The van der Waals surface area contributed by atoms with E-state index in [1.807, 2.05) is 19.0 Å². The van der Waals surface area contributed by atoms with Crippen molar-refractivity contribution in [2.24, 2.45) is 5.18 Å². The van der Waals surface area contributed by atoms with Gasteiger partial charge in [-0.1, -0.05) is 0 Å². The van der Waals surface area contributed by atoms with Crippen molar-refractivity contribution >= 4 is 11.4 Å². The third-order valence-corrected chi connectivity index (χ3v) is 1.59. The van der Waals surface area contributed by atoms with E-state index < -0.39 is 0 Å². The van der Waals surface area contributed by atoms with Crippen molar-refractivity contribution in [3.05, 3.63) is 23.1 Å². The van der Waals surface area contributed by atoms with E-state index in [9.17, 15) is 4.91 Å².